The number of fused-ring (bicyclic) bond motifs is 2. The van der Waals surface area contributed by atoms with E-state index in [-0.39, 0.29) is 31.2 Å². The third kappa shape index (κ3) is 7.13. The molecular formula is C36H37ClF3N3O4. The molecule has 2 unspecified atom stereocenters. The third-order valence-electron chi connectivity index (χ3n) is 8.96. The van der Waals surface area contributed by atoms with Gasteiger partial charge in [0.05, 0.1) is 25.3 Å². The van der Waals surface area contributed by atoms with Gasteiger partial charge in [0, 0.05) is 36.3 Å². The number of ether oxygens (including phenoxy) is 2. The summed E-state index contributed by atoms with van der Waals surface area (Å²) in [6.07, 6.45) is 2.87. The van der Waals surface area contributed by atoms with Gasteiger partial charge in [-0.1, -0.05) is 54.1 Å². The number of piperazine rings is 1. The fourth-order valence-corrected chi connectivity index (χ4v) is 6.69. The second-order valence-corrected chi connectivity index (χ2v) is 12.5. The number of carbonyl (C=O) groups excluding carboxylic acids is 2. The van der Waals surface area contributed by atoms with Crippen molar-refractivity contribution < 1.29 is 32.2 Å². The quantitative estimate of drug-likeness (QED) is 0.178. The van der Waals surface area contributed by atoms with Gasteiger partial charge in [0.25, 0.3) is 5.91 Å². The summed E-state index contributed by atoms with van der Waals surface area (Å²) in [5.41, 5.74) is 4.22. The molecule has 2 atom stereocenters. The molecule has 248 valence electrons. The first-order valence-corrected chi connectivity index (χ1v) is 16.4. The summed E-state index contributed by atoms with van der Waals surface area (Å²) in [5.74, 6) is -4.28. The zero-order valence-electron chi connectivity index (χ0n) is 26.1. The highest BCUT2D eigenvalue weighted by atomic mass is 35.5. The van der Waals surface area contributed by atoms with Crippen LogP contribution in [-0.4, -0.2) is 66.2 Å². The molecule has 47 heavy (non-hydrogen) atoms. The van der Waals surface area contributed by atoms with E-state index in [9.17, 15) is 22.8 Å². The standard InChI is InChI=1S/C36H37ClF3N3O4/c1-2-46-36(45)43-26-18-27(23-11-9-22(10-12-23)6-5-17-47-34-30(39)16-15-29(38)33(34)40)32(31(43)20-41-19-26)35(44)42(25-13-14-25)21-24-7-3-4-8-28(24)37/h3-4,7-12,15-16,25-26,31,41H,2,5-6,13-14,17-21H2,1H3. The third-order valence-corrected chi connectivity index (χ3v) is 9.33. The minimum atomic E-state index is -1.34. The number of halogens is 4. The van der Waals surface area contributed by atoms with Crippen molar-refractivity contribution in [1.82, 2.24) is 15.1 Å². The second-order valence-electron chi connectivity index (χ2n) is 12.1. The van der Waals surface area contributed by atoms with E-state index >= 15 is 0 Å². The molecule has 0 aromatic heterocycles. The zero-order valence-corrected chi connectivity index (χ0v) is 26.9. The molecule has 0 radical (unpaired) electrons. The van der Waals surface area contributed by atoms with Crippen LogP contribution in [0.25, 0.3) is 5.57 Å². The minimum Gasteiger partial charge on any atom is -0.488 e. The second kappa shape index (κ2) is 14.4. The van der Waals surface area contributed by atoms with Crippen LogP contribution in [0.3, 0.4) is 0 Å². The van der Waals surface area contributed by atoms with Crippen LogP contribution in [0.5, 0.6) is 5.75 Å². The maximum absolute atomic E-state index is 14.7. The molecule has 11 heteroatoms. The largest absolute Gasteiger partial charge is 0.488 e. The molecule has 2 heterocycles. The lowest BCUT2D eigenvalue weighted by atomic mass is 9.81. The van der Waals surface area contributed by atoms with Crippen LogP contribution in [0.15, 0.2) is 66.2 Å². The molecule has 6 rings (SSSR count). The van der Waals surface area contributed by atoms with Crippen molar-refractivity contribution in [3.63, 3.8) is 0 Å². The smallest absolute Gasteiger partial charge is 0.410 e. The summed E-state index contributed by atoms with van der Waals surface area (Å²) in [7, 11) is 0. The summed E-state index contributed by atoms with van der Waals surface area (Å²) < 4.78 is 52.0. The summed E-state index contributed by atoms with van der Waals surface area (Å²) in [6.45, 7) is 3.39. The number of benzene rings is 3. The van der Waals surface area contributed by atoms with Gasteiger partial charge in [-0.15, -0.1) is 0 Å². The first-order chi connectivity index (χ1) is 22.8. The molecular weight excluding hydrogens is 631 g/mol. The molecule has 2 aliphatic heterocycles. The van der Waals surface area contributed by atoms with Gasteiger partial charge in [0.2, 0.25) is 5.82 Å². The lowest BCUT2D eigenvalue weighted by molar-refractivity contribution is -0.129. The first kappa shape index (κ1) is 32.9. The molecule has 1 saturated heterocycles. The van der Waals surface area contributed by atoms with Gasteiger partial charge < -0.3 is 19.7 Å². The maximum atomic E-state index is 14.7. The molecule has 1 aliphatic carbocycles. The highest BCUT2D eigenvalue weighted by Gasteiger charge is 2.47. The van der Waals surface area contributed by atoms with Gasteiger partial charge in [0.15, 0.2) is 17.4 Å². The van der Waals surface area contributed by atoms with Crippen LogP contribution in [0.4, 0.5) is 18.0 Å². The Morgan fingerprint density at radius 1 is 1.00 bits per heavy atom. The minimum absolute atomic E-state index is 0.00529. The van der Waals surface area contributed by atoms with Crippen molar-refractivity contribution in [1.29, 1.82) is 0 Å². The fraction of sp³-hybridized carbons (Fsp3) is 0.389. The molecule has 0 spiro atoms. The Bertz CT molecular complexity index is 1660. The van der Waals surface area contributed by atoms with E-state index in [2.05, 4.69) is 5.32 Å². The Morgan fingerprint density at radius 3 is 2.47 bits per heavy atom. The molecule has 3 aromatic carbocycles. The van der Waals surface area contributed by atoms with Crippen LogP contribution in [0.2, 0.25) is 5.02 Å². The van der Waals surface area contributed by atoms with Crippen molar-refractivity contribution >= 4 is 29.2 Å². The van der Waals surface area contributed by atoms with Crippen LogP contribution in [0, 0.1) is 17.5 Å². The Labute approximate surface area is 277 Å². The van der Waals surface area contributed by atoms with Gasteiger partial charge >= 0.3 is 6.09 Å². The van der Waals surface area contributed by atoms with Crippen LogP contribution in [-0.2, 0) is 22.5 Å². The SMILES string of the molecule is CCOC(=O)N1C2CNCC1C(C(=O)N(Cc1ccccc1Cl)C1CC1)=C(c1ccc(CCCOc3c(F)ccc(F)c3F)cc1)C2. The van der Waals surface area contributed by atoms with Crippen molar-refractivity contribution in [3.8, 4) is 5.75 Å². The normalized spacial score (nSPS) is 19.0. The van der Waals surface area contributed by atoms with E-state index in [1.807, 2.05) is 53.4 Å². The number of hydrogen-bond donors (Lipinski definition) is 1. The Morgan fingerprint density at radius 2 is 1.74 bits per heavy atom. The van der Waals surface area contributed by atoms with Crippen molar-refractivity contribution in [2.24, 2.45) is 0 Å². The summed E-state index contributed by atoms with van der Waals surface area (Å²) in [6, 6.07) is 16.4. The number of carbonyl (C=O) groups is 2. The van der Waals surface area contributed by atoms with Gasteiger partial charge in [-0.3, -0.25) is 9.69 Å². The lowest BCUT2D eigenvalue weighted by Crippen LogP contribution is -2.63. The summed E-state index contributed by atoms with van der Waals surface area (Å²) in [4.78, 5) is 31.5. The predicted octanol–water partition coefficient (Wildman–Crippen LogP) is 6.92. The zero-order chi connectivity index (χ0) is 33.1. The van der Waals surface area contributed by atoms with Crippen molar-refractivity contribution in [2.75, 3.05) is 26.3 Å². The topological polar surface area (TPSA) is 71.1 Å². The molecule has 7 nitrogen and oxygen atoms in total. The van der Waals surface area contributed by atoms with E-state index in [4.69, 9.17) is 21.1 Å². The summed E-state index contributed by atoms with van der Waals surface area (Å²) >= 11 is 6.52. The predicted molar refractivity (Wildman–Crippen MR) is 172 cm³/mol. The highest BCUT2D eigenvalue weighted by Crippen LogP contribution is 2.40. The molecule has 3 aromatic rings. The first-order valence-electron chi connectivity index (χ1n) is 16.1. The highest BCUT2D eigenvalue weighted by molar-refractivity contribution is 6.31. The van der Waals surface area contributed by atoms with E-state index in [1.165, 1.54) is 0 Å². The van der Waals surface area contributed by atoms with Crippen LogP contribution < -0.4 is 10.1 Å². The summed E-state index contributed by atoms with van der Waals surface area (Å²) in [5, 5.41) is 4.02. The van der Waals surface area contributed by atoms with Crippen LogP contribution in [0.1, 0.15) is 49.3 Å². The van der Waals surface area contributed by atoms with Gasteiger partial charge in [-0.2, -0.15) is 4.39 Å². The van der Waals surface area contributed by atoms with Gasteiger partial charge in [-0.05, 0) is 79.5 Å². The average molecular weight is 668 g/mol. The number of hydrogen-bond acceptors (Lipinski definition) is 5. The molecule has 2 fully saturated rings. The number of aryl methyl sites for hydroxylation is 1. The van der Waals surface area contributed by atoms with Crippen molar-refractivity contribution in [2.45, 2.75) is 63.7 Å². The van der Waals surface area contributed by atoms with Crippen LogP contribution >= 0.6 is 11.6 Å². The Balaban J connectivity index is 1.26. The van der Waals surface area contributed by atoms with E-state index < -0.39 is 35.3 Å². The molecule has 1 N–H and O–H groups in total. The Hall–Kier alpha value is -4.02. The van der Waals surface area contributed by atoms with E-state index in [0.29, 0.717) is 49.5 Å². The molecule has 2 bridgehead atoms. The fourth-order valence-electron chi connectivity index (χ4n) is 6.50. The van der Waals surface area contributed by atoms with E-state index in [0.717, 1.165) is 47.2 Å². The lowest BCUT2D eigenvalue weighted by Gasteiger charge is -2.47. The number of nitrogens with zero attached hydrogens (tertiary/aromatic N) is 2. The Kier molecular flexibility index (Phi) is 10.1. The molecule has 1 saturated carbocycles. The molecule has 3 aliphatic rings. The van der Waals surface area contributed by atoms with Gasteiger partial charge in [0.1, 0.15) is 0 Å². The number of amides is 2. The molecule has 2 amide bonds. The van der Waals surface area contributed by atoms with Gasteiger partial charge in [-0.25, -0.2) is 13.6 Å². The average Bonchev–Trinajstić information content (AvgIpc) is 3.91. The van der Waals surface area contributed by atoms with E-state index in [1.54, 1.807) is 11.8 Å². The van der Waals surface area contributed by atoms with Crippen molar-refractivity contribution in [3.05, 3.63) is 105 Å². The number of rotatable bonds is 11. The monoisotopic (exact) mass is 667 g/mol. The number of nitrogens with one attached hydrogen (secondary N) is 1. The maximum Gasteiger partial charge on any atom is 0.410 e.